The van der Waals surface area contributed by atoms with Gasteiger partial charge in [-0.2, -0.15) is 4.31 Å². The fraction of sp³-hybridized carbons (Fsp3) is 0.250. The van der Waals surface area contributed by atoms with E-state index in [1.54, 1.807) is 6.08 Å². The number of rotatable bonds is 6. The Hall–Kier alpha value is -2.68. The van der Waals surface area contributed by atoms with Crippen LogP contribution in [-0.2, 0) is 19.6 Å². The maximum Gasteiger partial charge on any atom is 0.248 e. The van der Waals surface area contributed by atoms with E-state index in [0.717, 1.165) is 5.56 Å². The van der Waals surface area contributed by atoms with Crippen LogP contribution >= 0.6 is 0 Å². The van der Waals surface area contributed by atoms with Crippen molar-refractivity contribution in [1.29, 1.82) is 0 Å². The smallest absolute Gasteiger partial charge is 0.248 e. The molecule has 148 valence electrons. The zero-order valence-electron chi connectivity index (χ0n) is 15.5. The number of hydrogen-bond acceptors (Lipinski definition) is 5. The number of nitrogens with zero attached hydrogens (tertiary/aromatic N) is 1. The van der Waals surface area contributed by atoms with Gasteiger partial charge in [0.15, 0.2) is 0 Å². The van der Waals surface area contributed by atoms with E-state index in [1.165, 1.54) is 35.7 Å². The molecule has 0 aliphatic carbocycles. The zero-order valence-corrected chi connectivity index (χ0v) is 16.3. The van der Waals surface area contributed by atoms with E-state index in [2.05, 4.69) is 5.32 Å². The first-order valence-corrected chi connectivity index (χ1v) is 10.2. The van der Waals surface area contributed by atoms with E-state index in [-0.39, 0.29) is 10.8 Å². The summed E-state index contributed by atoms with van der Waals surface area (Å²) in [6, 6.07) is 13.8. The molecule has 0 spiro atoms. The monoisotopic (exact) mass is 402 g/mol. The summed E-state index contributed by atoms with van der Waals surface area (Å²) in [6.07, 6.45) is 3.06. The minimum Gasteiger partial charge on any atom is -0.495 e. The Labute approximate surface area is 164 Å². The molecule has 1 aliphatic rings. The van der Waals surface area contributed by atoms with Gasteiger partial charge in [0.05, 0.1) is 30.9 Å². The van der Waals surface area contributed by atoms with E-state index in [1.807, 2.05) is 30.3 Å². The number of sulfonamides is 1. The van der Waals surface area contributed by atoms with Crippen LogP contribution in [0.5, 0.6) is 5.75 Å². The quantitative estimate of drug-likeness (QED) is 0.750. The standard InChI is InChI=1S/C20H22N2O5S/c1-26-19-9-8-17(28(24,25)22-11-13-27-14-12-22)15-18(19)21-20(23)10-7-16-5-3-2-4-6-16/h2-10,15H,11-14H2,1H3,(H,21,23). The number of methoxy groups -OCH3 is 1. The Morgan fingerprint density at radius 2 is 1.86 bits per heavy atom. The Morgan fingerprint density at radius 1 is 1.14 bits per heavy atom. The molecule has 7 nitrogen and oxygen atoms in total. The topological polar surface area (TPSA) is 84.9 Å². The highest BCUT2D eigenvalue weighted by atomic mass is 32.2. The van der Waals surface area contributed by atoms with Gasteiger partial charge in [-0.1, -0.05) is 30.3 Å². The van der Waals surface area contributed by atoms with Gasteiger partial charge in [-0.3, -0.25) is 4.79 Å². The van der Waals surface area contributed by atoms with Crippen molar-refractivity contribution in [2.75, 3.05) is 38.7 Å². The molecule has 0 aromatic heterocycles. The molecule has 0 saturated carbocycles. The van der Waals surface area contributed by atoms with Gasteiger partial charge >= 0.3 is 0 Å². The fourth-order valence-electron chi connectivity index (χ4n) is 2.79. The van der Waals surface area contributed by atoms with Gasteiger partial charge in [0.2, 0.25) is 15.9 Å². The van der Waals surface area contributed by atoms with Crippen molar-refractivity contribution in [3.8, 4) is 5.75 Å². The molecule has 0 radical (unpaired) electrons. The highest BCUT2D eigenvalue weighted by molar-refractivity contribution is 7.89. The normalized spacial score (nSPS) is 15.5. The molecule has 1 amide bonds. The minimum atomic E-state index is -3.67. The lowest BCUT2D eigenvalue weighted by molar-refractivity contribution is -0.111. The average Bonchev–Trinajstić information content (AvgIpc) is 2.73. The largest absolute Gasteiger partial charge is 0.495 e. The Kier molecular flexibility index (Phi) is 6.45. The van der Waals surface area contributed by atoms with Gasteiger partial charge in [-0.25, -0.2) is 8.42 Å². The third-order valence-corrected chi connectivity index (χ3v) is 6.16. The lowest BCUT2D eigenvalue weighted by atomic mass is 10.2. The van der Waals surface area contributed by atoms with E-state index in [0.29, 0.717) is 37.7 Å². The van der Waals surface area contributed by atoms with Crippen molar-refractivity contribution in [3.63, 3.8) is 0 Å². The molecule has 8 heteroatoms. The summed E-state index contributed by atoms with van der Waals surface area (Å²) < 4.78 is 37.5. The number of benzene rings is 2. The molecule has 0 bridgehead atoms. The lowest BCUT2D eigenvalue weighted by Gasteiger charge is -2.26. The zero-order chi connectivity index (χ0) is 20.0. The second-order valence-corrected chi connectivity index (χ2v) is 8.05. The number of amides is 1. The van der Waals surface area contributed by atoms with Gasteiger partial charge in [0, 0.05) is 19.2 Å². The van der Waals surface area contributed by atoms with Gasteiger partial charge in [-0.15, -0.1) is 0 Å². The van der Waals surface area contributed by atoms with E-state index in [4.69, 9.17) is 9.47 Å². The number of ether oxygens (including phenoxy) is 2. The summed E-state index contributed by atoms with van der Waals surface area (Å²) in [4.78, 5) is 12.4. The lowest BCUT2D eigenvalue weighted by Crippen LogP contribution is -2.40. The number of nitrogens with one attached hydrogen (secondary N) is 1. The van der Waals surface area contributed by atoms with Crippen LogP contribution < -0.4 is 10.1 Å². The molecule has 1 aliphatic heterocycles. The van der Waals surface area contributed by atoms with Crippen LogP contribution in [0.15, 0.2) is 59.5 Å². The second-order valence-electron chi connectivity index (χ2n) is 6.11. The molecule has 0 atom stereocenters. The van der Waals surface area contributed by atoms with Crippen molar-refractivity contribution in [1.82, 2.24) is 4.31 Å². The molecule has 0 unspecified atom stereocenters. The molecule has 1 saturated heterocycles. The van der Waals surface area contributed by atoms with Crippen molar-refractivity contribution in [2.45, 2.75) is 4.90 Å². The third-order valence-electron chi connectivity index (χ3n) is 4.26. The average molecular weight is 402 g/mol. The summed E-state index contributed by atoms with van der Waals surface area (Å²) in [6.45, 7) is 1.33. The number of carbonyl (C=O) groups is 1. The molecule has 1 heterocycles. The first kappa shape index (κ1) is 20.1. The number of hydrogen-bond donors (Lipinski definition) is 1. The van der Waals surface area contributed by atoms with Crippen molar-refractivity contribution < 1.29 is 22.7 Å². The highest BCUT2D eigenvalue weighted by Gasteiger charge is 2.27. The number of morpholine rings is 1. The van der Waals surface area contributed by atoms with Gasteiger partial charge in [-0.05, 0) is 29.8 Å². The van der Waals surface area contributed by atoms with E-state index < -0.39 is 10.0 Å². The molecule has 28 heavy (non-hydrogen) atoms. The van der Waals surface area contributed by atoms with Gasteiger partial charge in [0.1, 0.15) is 5.75 Å². The molecule has 2 aromatic carbocycles. The van der Waals surface area contributed by atoms with Gasteiger partial charge < -0.3 is 14.8 Å². The van der Waals surface area contributed by atoms with Crippen LogP contribution in [0, 0.1) is 0 Å². The number of anilines is 1. The summed E-state index contributed by atoms with van der Waals surface area (Å²) >= 11 is 0. The Bertz CT molecular complexity index is 952. The van der Waals surface area contributed by atoms with Crippen LogP contribution in [0.2, 0.25) is 0 Å². The van der Waals surface area contributed by atoms with E-state index in [9.17, 15) is 13.2 Å². The molecule has 2 aromatic rings. The first-order valence-electron chi connectivity index (χ1n) is 8.81. The molecule has 3 rings (SSSR count). The van der Waals surface area contributed by atoms with Crippen molar-refractivity contribution >= 4 is 27.7 Å². The molecule has 1 N–H and O–H groups in total. The predicted octanol–water partition coefficient (Wildman–Crippen LogP) is 2.37. The van der Waals surface area contributed by atoms with Gasteiger partial charge in [0.25, 0.3) is 0 Å². The maximum atomic E-state index is 12.8. The third kappa shape index (κ3) is 4.78. The Morgan fingerprint density at radius 3 is 2.54 bits per heavy atom. The highest BCUT2D eigenvalue weighted by Crippen LogP contribution is 2.29. The number of carbonyl (C=O) groups excluding carboxylic acids is 1. The summed E-state index contributed by atoms with van der Waals surface area (Å²) in [5.41, 5.74) is 1.17. The summed E-state index contributed by atoms with van der Waals surface area (Å²) in [5, 5.41) is 2.69. The van der Waals surface area contributed by atoms with Crippen LogP contribution in [0.25, 0.3) is 6.08 Å². The maximum absolute atomic E-state index is 12.8. The minimum absolute atomic E-state index is 0.0949. The molecular formula is C20H22N2O5S. The van der Waals surface area contributed by atoms with Crippen molar-refractivity contribution in [3.05, 3.63) is 60.2 Å². The van der Waals surface area contributed by atoms with Crippen LogP contribution in [0.4, 0.5) is 5.69 Å². The van der Waals surface area contributed by atoms with Crippen LogP contribution in [0.1, 0.15) is 5.56 Å². The Balaban J connectivity index is 1.81. The SMILES string of the molecule is COc1ccc(S(=O)(=O)N2CCOCC2)cc1NC(=O)C=Cc1ccccc1. The first-order chi connectivity index (χ1) is 13.5. The summed E-state index contributed by atoms with van der Waals surface area (Å²) in [7, 11) is -2.21. The van der Waals surface area contributed by atoms with Crippen LogP contribution in [-0.4, -0.2) is 52.0 Å². The predicted molar refractivity (Wildman–Crippen MR) is 107 cm³/mol. The fourth-order valence-corrected chi connectivity index (χ4v) is 4.23. The van der Waals surface area contributed by atoms with Crippen molar-refractivity contribution in [2.24, 2.45) is 0 Å². The second kappa shape index (κ2) is 9.01. The molecular weight excluding hydrogens is 380 g/mol. The summed E-state index contributed by atoms with van der Waals surface area (Å²) in [5.74, 6) is -0.00883. The van der Waals surface area contributed by atoms with Crippen LogP contribution in [0.3, 0.4) is 0 Å². The van der Waals surface area contributed by atoms with E-state index >= 15 is 0 Å². The molecule has 1 fully saturated rings.